The highest BCUT2D eigenvalue weighted by molar-refractivity contribution is 5.50. The van der Waals surface area contributed by atoms with Crippen LogP contribution in [0.3, 0.4) is 0 Å². The number of hydrazine groups is 1. The zero-order valence-electron chi connectivity index (χ0n) is 11.5. The minimum absolute atomic E-state index is 0.234. The number of nitrogens with one attached hydrogen (secondary N) is 2. The van der Waals surface area contributed by atoms with Crippen molar-refractivity contribution in [1.82, 2.24) is 9.97 Å². The van der Waals surface area contributed by atoms with Crippen molar-refractivity contribution in [2.24, 2.45) is 11.8 Å². The molecule has 106 valence electrons. The molecule has 2 rings (SSSR count). The summed E-state index contributed by atoms with van der Waals surface area (Å²) in [6.07, 6.45) is 7.63. The van der Waals surface area contributed by atoms with Gasteiger partial charge in [-0.15, -0.1) is 0 Å². The molecule has 0 atom stereocenters. The standard InChI is InChI=1S/C13H24N6/c1-2-3-9-4-6-10(7-5-9)16-11-8-12(19-15)18-13(14)17-11/h8-10H,2-7,15H2,1H3,(H4,14,16,17,18,19). The van der Waals surface area contributed by atoms with E-state index in [0.29, 0.717) is 11.9 Å². The topological polar surface area (TPSA) is 102 Å². The molecule has 0 bridgehead atoms. The predicted octanol–water partition coefficient (Wildman–Crippen LogP) is 2.12. The smallest absolute Gasteiger partial charge is 0.223 e. The van der Waals surface area contributed by atoms with Crippen LogP contribution in [0.25, 0.3) is 0 Å². The fourth-order valence-electron chi connectivity index (χ4n) is 2.83. The molecule has 0 saturated heterocycles. The minimum Gasteiger partial charge on any atom is -0.368 e. The van der Waals surface area contributed by atoms with Crippen LogP contribution in [0, 0.1) is 5.92 Å². The van der Waals surface area contributed by atoms with E-state index in [0.717, 1.165) is 11.7 Å². The van der Waals surface area contributed by atoms with Gasteiger partial charge in [0.1, 0.15) is 11.6 Å². The number of rotatable bonds is 5. The second-order valence-electron chi connectivity index (χ2n) is 5.29. The lowest BCUT2D eigenvalue weighted by molar-refractivity contribution is 0.318. The highest BCUT2D eigenvalue weighted by atomic mass is 15.3. The monoisotopic (exact) mass is 264 g/mol. The number of hydrogen-bond acceptors (Lipinski definition) is 6. The Morgan fingerprint density at radius 3 is 2.53 bits per heavy atom. The largest absolute Gasteiger partial charge is 0.368 e. The van der Waals surface area contributed by atoms with Gasteiger partial charge >= 0.3 is 0 Å². The summed E-state index contributed by atoms with van der Waals surface area (Å²) in [6.45, 7) is 2.26. The molecule has 0 radical (unpaired) electrons. The first kappa shape index (κ1) is 13.9. The van der Waals surface area contributed by atoms with E-state index >= 15 is 0 Å². The van der Waals surface area contributed by atoms with Gasteiger partial charge in [0, 0.05) is 12.1 Å². The molecule has 6 N–H and O–H groups in total. The predicted molar refractivity (Wildman–Crippen MR) is 78.5 cm³/mol. The van der Waals surface area contributed by atoms with E-state index in [-0.39, 0.29) is 5.95 Å². The van der Waals surface area contributed by atoms with Crippen molar-refractivity contribution in [2.75, 3.05) is 16.5 Å². The molecular formula is C13H24N6. The Bertz CT molecular complexity index is 400. The van der Waals surface area contributed by atoms with Crippen molar-refractivity contribution in [3.63, 3.8) is 0 Å². The summed E-state index contributed by atoms with van der Waals surface area (Å²) in [5.41, 5.74) is 8.14. The van der Waals surface area contributed by atoms with E-state index in [1.54, 1.807) is 6.07 Å². The van der Waals surface area contributed by atoms with Gasteiger partial charge in [0.2, 0.25) is 5.95 Å². The average molecular weight is 264 g/mol. The van der Waals surface area contributed by atoms with Gasteiger partial charge in [-0.3, -0.25) is 0 Å². The number of anilines is 3. The summed E-state index contributed by atoms with van der Waals surface area (Å²) in [5, 5.41) is 3.43. The summed E-state index contributed by atoms with van der Waals surface area (Å²) < 4.78 is 0. The average Bonchev–Trinajstić information content (AvgIpc) is 2.40. The van der Waals surface area contributed by atoms with Gasteiger partial charge in [0.15, 0.2) is 0 Å². The first-order valence-corrected chi connectivity index (χ1v) is 7.09. The molecule has 0 unspecified atom stereocenters. The summed E-state index contributed by atoms with van der Waals surface area (Å²) in [5.74, 6) is 7.77. The first-order valence-electron chi connectivity index (χ1n) is 7.09. The quantitative estimate of drug-likeness (QED) is 0.480. The molecule has 0 aromatic carbocycles. The maximum Gasteiger partial charge on any atom is 0.223 e. The van der Waals surface area contributed by atoms with Crippen LogP contribution in [0.2, 0.25) is 0 Å². The van der Waals surface area contributed by atoms with Crippen LogP contribution in [0.4, 0.5) is 17.6 Å². The molecule has 6 nitrogen and oxygen atoms in total. The van der Waals surface area contributed by atoms with Crippen molar-refractivity contribution in [1.29, 1.82) is 0 Å². The highest BCUT2D eigenvalue weighted by Gasteiger charge is 2.20. The highest BCUT2D eigenvalue weighted by Crippen LogP contribution is 2.29. The van der Waals surface area contributed by atoms with Crippen molar-refractivity contribution >= 4 is 17.6 Å². The van der Waals surface area contributed by atoms with E-state index in [1.807, 2.05) is 0 Å². The Labute approximate surface area is 114 Å². The zero-order chi connectivity index (χ0) is 13.7. The second kappa shape index (κ2) is 6.56. The SMILES string of the molecule is CCCC1CCC(Nc2cc(NN)nc(N)n2)CC1. The summed E-state index contributed by atoms with van der Waals surface area (Å²) in [4.78, 5) is 8.16. The molecule has 1 aliphatic carbocycles. The van der Waals surface area contributed by atoms with Crippen LogP contribution >= 0.6 is 0 Å². The Morgan fingerprint density at radius 2 is 1.89 bits per heavy atom. The third-order valence-corrected chi connectivity index (χ3v) is 3.79. The normalized spacial score (nSPS) is 23.1. The van der Waals surface area contributed by atoms with E-state index in [9.17, 15) is 0 Å². The number of nitrogen functional groups attached to an aromatic ring is 2. The molecule has 1 heterocycles. The van der Waals surface area contributed by atoms with E-state index in [4.69, 9.17) is 11.6 Å². The van der Waals surface area contributed by atoms with E-state index < -0.39 is 0 Å². The lowest BCUT2D eigenvalue weighted by Gasteiger charge is -2.29. The van der Waals surface area contributed by atoms with Crippen LogP contribution < -0.4 is 22.3 Å². The van der Waals surface area contributed by atoms with Crippen molar-refractivity contribution < 1.29 is 0 Å². The van der Waals surface area contributed by atoms with Crippen LogP contribution in [-0.4, -0.2) is 16.0 Å². The third-order valence-electron chi connectivity index (χ3n) is 3.79. The van der Waals surface area contributed by atoms with Gasteiger partial charge in [-0.1, -0.05) is 19.8 Å². The molecule has 0 spiro atoms. The van der Waals surface area contributed by atoms with Gasteiger partial charge in [-0.25, -0.2) is 5.84 Å². The van der Waals surface area contributed by atoms with Gasteiger partial charge in [0.05, 0.1) is 0 Å². The molecule has 6 heteroatoms. The van der Waals surface area contributed by atoms with Gasteiger partial charge in [0.25, 0.3) is 0 Å². The second-order valence-corrected chi connectivity index (χ2v) is 5.29. The molecule has 1 saturated carbocycles. The van der Waals surface area contributed by atoms with Crippen molar-refractivity contribution in [2.45, 2.75) is 51.5 Å². The fourth-order valence-corrected chi connectivity index (χ4v) is 2.83. The Balaban J connectivity index is 1.90. The fraction of sp³-hybridized carbons (Fsp3) is 0.692. The number of nitrogens with zero attached hydrogens (tertiary/aromatic N) is 2. The Kier molecular flexibility index (Phi) is 4.79. The summed E-state index contributed by atoms with van der Waals surface area (Å²) in [6, 6.07) is 2.27. The van der Waals surface area contributed by atoms with Gasteiger partial charge in [-0.05, 0) is 31.6 Å². The molecule has 1 aromatic rings. The van der Waals surface area contributed by atoms with Crippen LogP contribution in [0.5, 0.6) is 0 Å². The van der Waals surface area contributed by atoms with E-state index in [1.165, 1.54) is 38.5 Å². The van der Waals surface area contributed by atoms with Crippen molar-refractivity contribution in [3.05, 3.63) is 6.07 Å². The maximum absolute atomic E-state index is 5.64. The molecular weight excluding hydrogens is 240 g/mol. The van der Waals surface area contributed by atoms with Gasteiger partial charge in [-0.2, -0.15) is 9.97 Å². The lowest BCUT2D eigenvalue weighted by Crippen LogP contribution is -2.26. The van der Waals surface area contributed by atoms with Gasteiger partial charge < -0.3 is 16.5 Å². The Hall–Kier alpha value is -1.56. The van der Waals surface area contributed by atoms with Crippen molar-refractivity contribution in [3.8, 4) is 0 Å². The molecule has 19 heavy (non-hydrogen) atoms. The number of hydrogen-bond donors (Lipinski definition) is 4. The number of nitrogens with two attached hydrogens (primary N) is 2. The van der Waals surface area contributed by atoms with Crippen LogP contribution in [0.1, 0.15) is 45.4 Å². The molecule has 1 aromatic heterocycles. The molecule has 0 aliphatic heterocycles. The summed E-state index contributed by atoms with van der Waals surface area (Å²) >= 11 is 0. The lowest BCUT2D eigenvalue weighted by atomic mass is 9.83. The first-order chi connectivity index (χ1) is 9.21. The Morgan fingerprint density at radius 1 is 1.21 bits per heavy atom. The third kappa shape index (κ3) is 3.96. The number of aromatic nitrogens is 2. The van der Waals surface area contributed by atoms with Crippen LogP contribution in [0.15, 0.2) is 6.07 Å². The van der Waals surface area contributed by atoms with Crippen LogP contribution in [-0.2, 0) is 0 Å². The minimum atomic E-state index is 0.234. The molecule has 1 fully saturated rings. The van der Waals surface area contributed by atoms with E-state index in [2.05, 4.69) is 27.6 Å². The zero-order valence-corrected chi connectivity index (χ0v) is 11.5. The molecule has 1 aliphatic rings. The molecule has 0 amide bonds. The summed E-state index contributed by atoms with van der Waals surface area (Å²) in [7, 11) is 0. The maximum atomic E-state index is 5.64.